The molecule has 7 nitrogen and oxygen atoms in total. The van der Waals surface area contributed by atoms with Crippen molar-refractivity contribution in [1.82, 2.24) is 4.90 Å². The molecular formula is C21H19FN2O5. The number of carbonyl (C=O) groups is 4. The molecule has 0 saturated heterocycles. The van der Waals surface area contributed by atoms with Gasteiger partial charge < -0.3 is 10.1 Å². The van der Waals surface area contributed by atoms with Gasteiger partial charge in [0.15, 0.2) is 6.10 Å². The maximum atomic E-state index is 13.6. The fourth-order valence-electron chi connectivity index (χ4n) is 2.87. The van der Waals surface area contributed by atoms with Crippen LogP contribution in [0, 0.1) is 12.7 Å². The van der Waals surface area contributed by atoms with Gasteiger partial charge in [-0.15, -0.1) is 0 Å². The largest absolute Gasteiger partial charge is 0.452 e. The predicted octanol–water partition coefficient (Wildman–Crippen LogP) is 2.69. The third-order valence-corrected chi connectivity index (χ3v) is 4.53. The highest BCUT2D eigenvalue weighted by molar-refractivity contribution is 6.21. The van der Waals surface area contributed by atoms with Crippen LogP contribution in [0.1, 0.15) is 39.6 Å². The third kappa shape index (κ3) is 4.31. The second kappa shape index (κ2) is 8.22. The Kier molecular flexibility index (Phi) is 5.72. The molecule has 29 heavy (non-hydrogen) atoms. The van der Waals surface area contributed by atoms with Gasteiger partial charge in [0.05, 0.1) is 17.5 Å². The smallest absolute Gasteiger partial charge is 0.308 e. The average Bonchev–Trinajstić information content (AvgIpc) is 2.93. The topological polar surface area (TPSA) is 92.8 Å². The van der Waals surface area contributed by atoms with E-state index in [1.165, 1.54) is 25.1 Å². The molecule has 2 aromatic rings. The van der Waals surface area contributed by atoms with Gasteiger partial charge in [-0.2, -0.15) is 0 Å². The minimum absolute atomic E-state index is 0.150. The highest BCUT2D eigenvalue weighted by Crippen LogP contribution is 2.22. The first-order chi connectivity index (χ1) is 13.8. The van der Waals surface area contributed by atoms with Crippen molar-refractivity contribution in [2.75, 3.05) is 11.9 Å². The highest BCUT2D eigenvalue weighted by atomic mass is 19.1. The van der Waals surface area contributed by atoms with Crippen molar-refractivity contribution < 1.29 is 28.3 Å². The minimum Gasteiger partial charge on any atom is -0.452 e. The number of amides is 3. The number of hydrogen-bond acceptors (Lipinski definition) is 5. The van der Waals surface area contributed by atoms with Gasteiger partial charge in [0.25, 0.3) is 17.7 Å². The van der Waals surface area contributed by atoms with Crippen LogP contribution < -0.4 is 5.32 Å². The third-order valence-electron chi connectivity index (χ3n) is 4.53. The summed E-state index contributed by atoms with van der Waals surface area (Å²) in [7, 11) is 0. The zero-order chi connectivity index (χ0) is 21.1. The summed E-state index contributed by atoms with van der Waals surface area (Å²) < 4.78 is 18.6. The molecule has 8 heteroatoms. The van der Waals surface area contributed by atoms with Gasteiger partial charge in [0.1, 0.15) is 5.82 Å². The molecule has 0 saturated carbocycles. The Morgan fingerprint density at radius 3 is 2.31 bits per heavy atom. The lowest BCUT2D eigenvalue weighted by Crippen LogP contribution is -2.34. The van der Waals surface area contributed by atoms with Crippen molar-refractivity contribution in [2.45, 2.75) is 26.4 Å². The van der Waals surface area contributed by atoms with E-state index in [0.717, 1.165) is 4.90 Å². The number of rotatable bonds is 6. The molecule has 0 aliphatic carbocycles. The van der Waals surface area contributed by atoms with Crippen LogP contribution in [0.3, 0.4) is 0 Å². The Morgan fingerprint density at radius 2 is 1.72 bits per heavy atom. The van der Waals surface area contributed by atoms with E-state index in [0.29, 0.717) is 16.7 Å². The van der Waals surface area contributed by atoms with Crippen LogP contribution >= 0.6 is 0 Å². The second-order valence-corrected chi connectivity index (χ2v) is 6.64. The second-order valence-electron chi connectivity index (χ2n) is 6.64. The van der Waals surface area contributed by atoms with Crippen LogP contribution in [0.5, 0.6) is 0 Å². The first-order valence-electron chi connectivity index (χ1n) is 8.99. The van der Waals surface area contributed by atoms with Crippen LogP contribution in [0.4, 0.5) is 10.1 Å². The summed E-state index contributed by atoms with van der Waals surface area (Å²) in [6.07, 6.45) is -1.38. The molecule has 1 N–H and O–H groups in total. The van der Waals surface area contributed by atoms with E-state index >= 15 is 0 Å². The van der Waals surface area contributed by atoms with Crippen molar-refractivity contribution >= 4 is 29.4 Å². The molecule has 0 unspecified atom stereocenters. The lowest BCUT2D eigenvalue weighted by Gasteiger charge is -2.16. The SMILES string of the molecule is Cc1ccc(NC(=O)[C@@H](C)OC(=O)CCN2C(=O)c3ccccc3C2=O)cc1F. The van der Waals surface area contributed by atoms with Gasteiger partial charge >= 0.3 is 5.97 Å². The summed E-state index contributed by atoms with van der Waals surface area (Å²) in [5.74, 6) is -2.76. The Bertz CT molecular complexity index is 969. The molecule has 0 bridgehead atoms. The van der Waals surface area contributed by atoms with Gasteiger partial charge in [0, 0.05) is 12.2 Å². The number of halogens is 1. The molecule has 0 fully saturated rings. The van der Waals surface area contributed by atoms with Crippen LogP contribution in [-0.2, 0) is 14.3 Å². The van der Waals surface area contributed by atoms with E-state index in [9.17, 15) is 23.6 Å². The Morgan fingerprint density at radius 1 is 1.10 bits per heavy atom. The maximum absolute atomic E-state index is 13.6. The molecule has 1 aliphatic rings. The number of hydrogen-bond donors (Lipinski definition) is 1. The molecule has 0 radical (unpaired) electrons. The average molecular weight is 398 g/mol. The monoisotopic (exact) mass is 398 g/mol. The molecule has 0 aromatic heterocycles. The van der Waals surface area contributed by atoms with Gasteiger partial charge in [-0.25, -0.2) is 4.39 Å². The van der Waals surface area contributed by atoms with E-state index in [1.807, 2.05) is 0 Å². The van der Waals surface area contributed by atoms with Crippen molar-refractivity contribution in [3.05, 3.63) is 65.0 Å². The van der Waals surface area contributed by atoms with E-state index in [-0.39, 0.29) is 18.7 Å². The fraction of sp³-hybridized carbons (Fsp3) is 0.238. The zero-order valence-electron chi connectivity index (χ0n) is 15.9. The first-order valence-corrected chi connectivity index (χ1v) is 8.99. The number of aryl methyl sites for hydroxylation is 1. The van der Waals surface area contributed by atoms with E-state index in [1.54, 1.807) is 31.2 Å². The number of benzene rings is 2. The molecule has 3 amide bonds. The number of anilines is 1. The molecule has 1 atom stereocenters. The number of carbonyl (C=O) groups excluding carboxylic acids is 4. The summed E-state index contributed by atoms with van der Waals surface area (Å²) in [4.78, 5) is 49.7. The van der Waals surface area contributed by atoms with Crippen LogP contribution in [0.25, 0.3) is 0 Å². The molecule has 1 aliphatic heterocycles. The Balaban J connectivity index is 1.51. The number of ether oxygens (including phenoxy) is 1. The summed E-state index contributed by atoms with van der Waals surface area (Å²) in [5.41, 5.74) is 1.27. The number of imide groups is 1. The molecule has 3 rings (SSSR count). The molecule has 0 spiro atoms. The van der Waals surface area contributed by atoms with Crippen LogP contribution in [-0.4, -0.2) is 41.2 Å². The normalized spacial score (nSPS) is 13.8. The predicted molar refractivity (Wildman–Crippen MR) is 102 cm³/mol. The first kappa shape index (κ1) is 20.2. The summed E-state index contributed by atoms with van der Waals surface area (Å²) >= 11 is 0. The summed E-state index contributed by atoms with van der Waals surface area (Å²) in [6, 6.07) is 10.6. The van der Waals surface area contributed by atoms with Gasteiger partial charge in [0.2, 0.25) is 0 Å². The standard InChI is InChI=1S/C21H19FN2O5/c1-12-7-8-14(11-17(12)22)23-19(26)13(2)29-18(25)9-10-24-20(27)15-5-3-4-6-16(15)21(24)28/h3-8,11,13H,9-10H2,1-2H3,(H,23,26)/t13-/m1/s1. The summed E-state index contributed by atoms with van der Waals surface area (Å²) in [6.45, 7) is 2.82. The molecule has 1 heterocycles. The molecule has 2 aromatic carbocycles. The minimum atomic E-state index is -1.13. The van der Waals surface area contributed by atoms with E-state index < -0.39 is 35.6 Å². The van der Waals surface area contributed by atoms with Crippen molar-refractivity contribution in [1.29, 1.82) is 0 Å². The van der Waals surface area contributed by atoms with Crippen molar-refractivity contribution in [3.63, 3.8) is 0 Å². The lowest BCUT2D eigenvalue weighted by molar-refractivity contribution is -0.153. The number of esters is 1. The number of nitrogens with zero attached hydrogens (tertiary/aromatic N) is 1. The Hall–Kier alpha value is -3.55. The van der Waals surface area contributed by atoms with E-state index in [2.05, 4.69) is 5.32 Å². The molecule has 150 valence electrons. The van der Waals surface area contributed by atoms with Crippen molar-refractivity contribution in [3.8, 4) is 0 Å². The van der Waals surface area contributed by atoms with Gasteiger partial charge in [-0.3, -0.25) is 24.1 Å². The Labute approximate surface area is 166 Å². The van der Waals surface area contributed by atoms with Crippen molar-refractivity contribution in [2.24, 2.45) is 0 Å². The fourth-order valence-corrected chi connectivity index (χ4v) is 2.87. The van der Waals surface area contributed by atoms with Gasteiger partial charge in [-0.1, -0.05) is 18.2 Å². The zero-order valence-corrected chi connectivity index (χ0v) is 15.9. The maximum Gasteiger partial charge on any atom is 0.308 e. The van der Waals surface area contributed by atoms with E-state index in [4.69, 9.17) is 4.74 Å². The number of fused-ring (bicyclic) bond motifs is 1. The quantitative estimate of drug-likeness (QED) is 0.597. The van der Waals surface area contributed by atoms with Gasteiger partial charge in [-0.05, 0) is 43.7 Å². The molecular weight excluding hydrogens is 379 g/mol. The van der Waals surface area contributed by atoms with Crippen LogP contribution in [0.15, 0.2) is 42.5 Å². The summed E-state index contributed by atoms with van der Waals surface area (Å²) in [5, 5.41) is 2.46. The number of nitrogens with one attached hydrogen (secondary N) is 1. The lowest BCUT2D eigenvalue weighted by atomic mass is 10.1. The highest BCUT2D eigenvalue weighted by Gasteiger charge is 2.35. The van der Waals surface area contributed by atoms with Crippen LogP contribution in [0.2, 0.25) is 0 Å².